The Hall–Kier alpha value is -2.24. The maximum Gasteiger partial charge on any atom is 0.211 e. The van der Waals surface area contributed by atoms with Crippen molar-refractivity contribution in [2.45, 2.75) is 6.61 Å². The highest BCUT2D eigenvalue weighted by Gasteiger charge is 2.01. The number of nitrogens with zero attached hydrogens (tertiary/aromatic N) is 2. The van der Waals surface area contributed by atoms with E-state index in [2.05, 4.69) is 10.2 Å². The van der Waals surface area contributed by atoms with Gasteiger partial charge in [0.05, 0.1) is 16.3 Å². The molecule has 0 fully saturated rings. The number of nitrogens with two attached hydrogens (primary N) is 2. The third-order valence-electron chi connectivity index (χ3n) is 2.63. The molecular weight excluding hydrogens is 323 g/mol. The third-order valence-corrected chi connectivity index (χ3v) is 3.37. The highest BCUT2D eigenvalue weighted by atomic mass is 35.5. The van der Waals surface area contributed by atoms with E-state index in [0.29, 0.717) is 22.4 Å². The molecule has 7 heteroatoms. The molecule has 0 heterocycles. The van der Waals surface area contributed by atoms with Gasteiger partial charge in [-0.1, -0.05) is 41.4 Å². The Bertz CT molecular complexity index is 712. The summed E-state index contributed by atoms with van der Waals surface area (Å²) < 4.78 is 5.71. The normalized spacial score (nSPS) is 10.6. The molecule has 0 aromatic heterocycles. The average molecular weight is 337 g/mol. The van der Waals surface area contributed by atoms with Gasteiger partial charge in [0.15, 0.2) is 0 Å². The molecule has 2 rings (SSSR count). The van der Waals surface area contributed by atoms with E-state index < -0.39 is 0 Å². The molecule has 0 amide bonds. The molecular formula is C15H14Cl2N4O. The van der Waals surface area contributed by atoms with E-state index in [4.69, 9.17) is 39.4 Å². The quantitative estimate of drug-likeness (QED) is 0.499. The summed E-state index contributed by atoms with van der Waals surface area (Å²) in [5.41, 5.74) is 12.1. The lowest BCUT2D eigenvalue weighted by Crippen LogP contribution is -2.21. The Morgan fingerprint density at radius 2 is 1.91 bits per heavy atom. The maximum absolute atomic E-state index is 5.97. The van der Waals surface area contributed by atoms with Gasteiger partial charge in [-0.15, -0.1) is 5.10 Å². The molecule has 0 aliphatic rings. The number of benzene rings is 2. The molecule has 4 N–H and O–H groups in total. The van der Waals surface area contributed by atoms with Gasteiger partial charge in [0, 0.05) is 0 Å². The number of hydrogen-bond donors (Lipinski definition) is 2. The van der Waals surface area contributed by atoms with Crippen LogP contribution in [0.3, 0.4) is 0 Å². The summed E-state index contributed by atoms with van der Waals surface area (Å²) in [6.45, 7) is 0.380. The van der Waals surface area contributed by atoms with Crippen molar-refractivity contribution in [2.24, 2.45) is 21.7 Å². The van der Waals surface area contributed by atoms with E-state index in [9.17, 15) is 0 Å². The monoisotopic (exact) mass is 336 g/mol. The summed E-state index contributed by atoms with van der Waals surface area (Å²) >= 11 is 11.8. The fourth-order valence-electron chi connectivity index (χ4n) is 1.64. The lowest BCUT2D eigenvalue weighted by molar-refractivity contribution is 0.306. The molecule has 0 aliphatic heterocycles. The fourth-order valence-corrected chi connectivity index (χ4v) is 1.96. The Balaban J connectivity index is 2.02. The van der Waals surface area contributed by atoms with E-state index in [-0.39, 0.29) is 5.96 Å². The van der Waals surface area contributed by atoms with Crippen LogP contribution in [-0.2, 0) is 6.61 Å². The summed E-state index contributed by atoms with van der Waals surface area (Å²) in [6, 6.07) is 12.7. The van der Waals surface area contributed by atoms with Crippen molar-refractivity contribution in [3.05, 3.63) is 63.6 Å². The lowest BCUT2D eigenvalue weighted by atomic mass is 10.2. The Morgan fingerprint density at radius 3 is 2.64 bits per heavy atom. The summed E-state index contributed by atoms with van der Waals surface area (Å²) in [4.78, 5) is 0. The van der Waals surface area contributed by atoms with Gasteiger partial charge >= 0.3 is 0 Å². The van der Waals surface area contributed by atoms with Crippen LogP contribution in [0.2, 0.25) is 10.0 Å². The number of rotatable bonds is 5. The van der Waals surface area contributed by atoms with Crippen LogP contribution in [0.15, 0.2) is 52.7 Å². The van der Waals surface area contributed by atoms with Crippen LogP contribution in [-0.4, -0.2) is 12.2 Å². The summed E-state index contributed by atoms with van der Waals surface area (Å²) in [5.74, 6) is 0.600. The lowest BCUT2D eigenvalue weighted by Gasteiger charge is -2.07. The van der Waals surface area contributed by atoms with E-state index in [1.807, 2.05) is 30.3 Å². The standard InChI is InChI=1S/C15H14Cl2N4O/c16-13-5-4-11(7-14(13)17)9-22-12-3-1-2-10(6-12)8-20-21-15(18)19/h1-8H,9H2,(H4,18,19,21)/b20-8-. The number of ether oxygens (including phenoxy) is 1. The van der Waals surface area contributed by atoms with Crippen LogP contribution >= 0.6 is 23.2 Å². The first-order valence-corrected chi connectivity index (χ1v) is 7.09. The van der Waals surface area contributed by atoms with Crippen LogP contribution < -0.4 is 16.2 Å². The van der Waals surface area contributed by atoms with E-state index in [0.717, 1.165) is 11.1 Å². The van der Waals surface area contributed by atoms with Crippen molar-refractivity contribution in [3.63, 3.8) is 0 Å². The van der Waals surface area contributed by atoms with Crippen molar-refractivity contribution in [3.8, 4) is 5.75 Å². The highest BCUT2D eigenvalue weighted by Crippen LogP contribution is 2.23. The van der Waals surface area contributed by atoms with Crippen molar-refractivity contribution >= 4 is 35.4 Å². The molecule has 0 saturated carbocycles. The SMILES string of the molecule is NC(N)=N/N=C\c1cccc(OCc2ccc(Cl)c(Cl)c2)c1. The molecule has 0 bridgehead atoms. The fraction of sp³-hybridized carbons (Fsp3) is 0.0667. The predicted molar refractivity (Wildman–Crippen MR) is 90.6 cm³/mol. The minimum absolute atomic E-state index is 0.0942. The highest BCUT2D eigenvalue weighted by molar-refractivity contribution is 6.42. The second kappa shape index (κ2) is 7.68. The third kappa shape index (κ3) is 4.95. The van der Waals surface area contributed by atoms with Crippen molar-refractivity contribution < 1.29 is 4.74 Å². The predicted octanol–water partition coefficient (Wildman–Crippen LogP) is 3.18. The molecule has 114 valence electrons. The summed E-state index contributed by atoms with van der Waals surface area (Å²) in [6.07, 6.45) is 1.53. The van der Waals surface area contributed by atoms with Gasteiger partial charge < -0.3 is 16.2 Å². The Labute approximate surface area is 138 Å². The van der Waals surface area contributed by atoms with Gasteiger partial charge in [-0.2, -0.15) is 5.10 Å². The zero-order chi connectivity index (χ0) is 15.9. The van der Waals surface area contributed by atoms with Gasteiger partial charge in [-0.25, -0.2) is 0 Å². The number of halogens is 2. The minimum atomic E-state index is -0.0942. The first-order chi connectivity index (χ1) is 10.5. The zero-order valence-electron chi connectivity index (χ0n) is 11.5. The van der Waals surface area contributed by atoms with Crippen LogP contribution in [0.1, 0.15) is 11.1 Å². The van der Waals surface area contributed by atoms with Crippen molar-refractivity contribution in [1.29, 1.82) is 0 Å². The van der Waals surface area contributed by atoms with Crippen LogP contribution in [0.5, 0.6) is 5.75 Å². The van der Waals surface area contributed by atoms with Gasteiger partial charge in [-0.3, -0.25) is 0 Å². The van der Waals surface area contributed by atoms with Crippen LogP contribution in [0.25, 0.3) is 0 Å². The molecule has 2 aromatic rings. The second-order valence-corrected chi connectivity index (χ2v) is 5.19. The van der Waals surface area contributed by atoms with Gasteiger partial charge in [0.2, 0.25) is 5.96 Å². The number of hydrogen-bond acceptors (Lipinski definition) is 3. The first-order valence-electron chi connectivity index (χ1n) is 6.33. The molecule has 5 nitrogen and oxygen atoms in total. The van der Waals surface area contributed by atoms with E-state index >= 15 is 0 Å². The Morgan fingerprint density at radius 1 is 1.09 bits per heavy atom. The van der Waals surface area contributed by atoms with Crippen molar-refractivity contribution in [1.82, 2.24) is 0 Å². The van der Waals surface area contributed by atoms with Gasteiger partial charge in [0.1, 0.15) is 12.4 Å². The zero-order valence-corrected chi connectivity index (χ0v) is 13.1. The van der Waals surface area contributed by atoms with E-state index in [1.165, 1.54) is 6.21 Å². The van der Waals surface area contributed by atoms with Gasteiger partial charge in [-0.05, 0) is 35.4 Å². The average Bonchev–Trinajstić information content (AvgIpc) is 2.49. The summed E-state index contributed by atoms with van der Waals surface area (Å²) in [7, 11) is 0. The summed E-state index contributed by atoms with van der Waals surface area (Å²) in [5, 5.41) is 8.30. The molecule has 0 aliphatic carbocycles. The Kier molecular flexibility index (Phi) is 5.63. The molecule has 0 spiro atoms. The van der Waals surface area contributed by atoms with Gasteiger partial charge in [0.25, 0.3) is 0 Å². The second-order valence-electron chi connectivity index (χ2n) is 4.38. The molecule has 0 atom stereocenters. The minimum Gasteiger partial charge on any atom is -0.489 e. The van der Waals surface area contributed by atoms with Crippen LogP contribution in [0, 0.1) is 0 Å². The van der Waals surface area contributed by atoms with E-state index in [1.54, 1.807) is 12.1 Å². The number of guanidine groups is 1. The molecule has 0 unspecified atom stereocenters. The largest absolute Gasteiger partial charge is 0.489 e. The molecule has 0 radical (unpaired) electrons. The maximum atomic E-state index is 5.97. The molecule has 22 heavy (non-hydrogen) atoms. The van der Waals surface area contributed by atoms with Crippen LogP contribution in [0.4, 0.5) is 0 Å². The molecule has 0 saturated heterocycles. The smallest absolute Gasteiger partial charge is 0.211 e. The molecule has 2 aromatic carbocycles. The first kappa shape index (κ1) is 16.1. The van der Waals surface area contributed by atoms with Crippen molar-refractivity contribution in [2.75, 3.05) is 0 Å². The topological polar surface area (TPSA) is 86.0 Å².